The first-order chi connectivity index (χ1) is 11.2. The number of benzene rings is 2. The highest BCUT2D eigenvalue weighted by Gasteiger charge is 2.15. The van der Waals surface area contributed by atoms with Crippen LogP contribution < -0.4 is 5.32 Å². The third-order valence-corrected chi connectivity index (χ3v) is 3.67. The Balaban J connectivity index is 1.92. The first-order valence-corrected chi connectivity index (χ1v) is 7.33. The van der Waals surface area contributed by atoms with Crippen molar-refractivity contribution in [2.45, 2.75) is 6.54 Å². The fourth-order valence-electron chi connectivity index (χ4n) is 2.53. The van der Waals surface area contributed by atoms with Gasteiger partial charge in [-0.05, 0) is 30.3 Å². The van der Waals surface area contributed by atoms with Crippen LogP contribution in [-0.4, -0.2) is 24.2 Å². The summed E-state index contributed by atoms with van der Waals surface area (Å²) >= 11 is 0. The Morgan fingerprint density at radius 1 is 1.17 bits per heavy atom. The molecule has 4 nitrogen and oxygen atoms in total. The minimum absolute atomic E-state index is 0.219. The van der Waals surface area contributed by atoms with E-state index in [9.17, 15) is 9.18 Å². The SMILES string of the molecule is COCCn1cc(C(=O)Nc2ccc(F)cc2)c2ccccc21. The van der Waals surface area contributed by atoms with Gasteiger partial charge in [0.05, 0.1) is 12.2 Å². The molecular formula is C18H17FN2O2. The van der Waals surface area contributed by atoms with Gasteiger partial charge in [-0.15, -0.1) is 0 Å². The Hall–Kier alpha value is -2.66. The lowest BCUT2D eigenvalue weighted by Gasteiger charge is -2.04. The van der Waals surface area contributed by atoms with Crippen molar-refractivity contribution in [3.63, 3.8) is 0 Å². The number of fused-ring (bicyclic) bond motifs is 1. The van der Waals surface area contributed by atoms with Crippen molar-refractivity contribution in [3.8, 4) is 0 Å². The summed E-state index contributed by atoms with van der Waals surface area (Å²) in [7, 11) is 1.65. The maximum atomic E-state index is 12.9. The van der Waals surface area contributed by atoms with Crippen LogP contribution in [0.4, 0.5) is 10.1 Å². The number of halogens is 1. The number of ether oxygens (including phenoxy) is 1. The lowest BCUT2D eigenvalue weighted by atomic mass is 10.1. The number of hydrogen-bond donors (Lipinski definition) is 1. The summed E-state index contributed by atoms with van der Waals surface area (Å²) in [5.41, 5.74) is 2.12. The molecule has 0 unspecified atom stereocenters. The van der Waals surface area contributed by atoms with Crippen LogP contribution in [0.25, 0.3) is 10.9 Å². The molecule has 0 bridgehead atoms. The van der Waals surface area contributed by atoms with Gasteiger partial charge in [-0.25, -0.2) is 4.39 Å². The average molecular weight is 312 g/mol. The molecule has 0 fully saturated rings. The number of anilines is 1. The molecule has 23 heavy (non-hydrogen) atoms. The monoisotopic (exact) mass is 312 g/mol. The predicted octanol–water partition coefficient (Wildman–Crippen LogP) is 3.68. The van der Waals surface area contributed by atoms with E-state index < -0.39 is 0 Å². The fraction of sp³-hybridized carbons (Fsp3) is 0.167. The maximum Gasteiger partial charge on any atom is 0.257 e. The molecule has 3 rings (SSSR count). The van der Waals surface area contributed by atoms with Gasteiger partial charge in [0.2, 0.25) is 0 Å². The van der Waals surface area contributed by atoms with E-state index in [0.717, 1.165) is 10.9 Å². The number of hydrogen-bond acceptors (Lipinski definition) is 2. The van der Waals surface area contributed by atoms with E-state index in [1.807, 2.05) is 35.0 Å². The second-order valence-corrected chi connectivity index (χ2v) is 5.21. The molecule has 3 aromatic rings. The summed E-state index contributed by atoms with van der Waals surface area (Å²) in [6, 6.07) is 13.4. The molecule has 5 heteroatoms. The van der Waals surface area contributed by atoms with Crippen molar-refractivity contribution in [1.82, 2.24) is 4.57 Å². The molecule has 0 spiro atoms. The van der Waals surface area contributed by atoms with E-state index in [-0.39, 0.29) is 11.7 Å². The third-order valence-electron chi connectivity index (χ3n) is 3.67. The number of amides is 1. The lowest BCUT2D eigenvalue weighted by Crippen LogP contribution is -2.11. The van der Waals surface area contributed by atoms with Crippen molar-refractivity contribution in [2.75, 3.05) is 19.0 Å². The molecule has 0 saturated carbocycles. The summed E-state index contributed by atoms with van der Waals surface area (Å²) in [6.45, 7) is 1.23. The summed E-state index contributed by atoms with van der Waals surface area (Å²) in [6.07, 6.45) is 1.82. The Morgan fingerprint density at radius 3 is 2.65 bits per heavy atom. The minimum atomic E-state index is -0.334. The van der Waals surface area contributed by atoms with Crippen LogP contribution in [0.15, 0.2) is 54.7 Å². The fourth-order valence-corrected chi connectivity index (χ4v) is 2.53. The van der Waals surface area contributed by atoms with Crippen LogP contribution in [-0.2, 0) is 11.3 Å². The number of rotatable bonds is 5. The lowest BCUT2D eigenvalue weighted by molar-refractivity contribution is 0.102. The zero-order valence-electron chi connectivity index (χ0n) is 12.8. The third kappa shape index (κ3) is 3.24. The highest BCUT2D eigenvalue weighted by molar-refractivity contribution is 6.12. The molecule has 0 aliphatic carbocycles. The van der Waals surface area contributed by atoms with Crippen LogP contribution in [0.1, 0.15) is 10.4 Å². The number of nitrogens with one attached hydrogen (secondary N) is 1. The standard InChI is InChI=1S/C18H17FN2O2/c1-23-11-10-21-12-16(15-4-2-3-5-17(15)21)18(22)20-14-8-6-13(19)7-9-14/h2-9,12H,10-11H2,1H3,(H,20,22). The zero-order valence-corrected chi connectivity index (χ0v) is 12.8. The summed E-state index contributed by atoms with van der Waals surface area (Å²) in [4.78, 5) is 12.6. The maximum absolute atomic E-state index is 12.9. The first kappa shape index (κ1) is 15.2. The van der Waals surface area contributed by atoms with Gasteiger partial charge in [0.25, 0.3) is 5.91 Å². The van der Waals surface area contributed by atoms with Gasteiger partial charge in [-0.1, -0.05) is 18.2 Å². The van der Waals surface area contributed by atoms with Crippen molar-refractivity contribution >= 4 is 22.5 Å². The Morgan fingerprint density at radius 2 is 1.91 bits per heavy atom. The Bertz CT molecular complexity index is 825. The highest BCUT2D eigenvalue weighted by Crippen LogP contribution is 2.22. The molecule has 1 amide bonds. The number of methoxy groups -OCH3 is 1. The molecule has 0 aliphatic rings. The summed E-state index contributed by atoms with van der Waals surface area (Å²) < 4.78 is 20.1. The number of carbonyl (C=O) groups is 1. The Labute approximate surface area is 133 Å². The van der Waals surface area contributed by atoms with Crippen molar-refractivity contribution < 1.29 is 13.9 Å². The molecule has 2 aromatic carbocycles. The minimum Gasteiger partial charge on any atom is -0.383 e. The average Bonchev–Trinajstić information content (AvgIpc) is 2.94. The van der Waals surface area contributed by atoms with Gasteiger partial charge in [-0.2, -0.15) is 0 Å². The van der Waals surface area contributed by atoms with E-state index in [4.69, 9.17) is 4.74 Å². The van der Waals surface area contributed by atoms with Gasteiger partial charge in [0, 0.05) is 36.4 Å². The summed E-state index contributed by atoms with van der Waals surface area (Å²) in [5.74, 6) is -0.553. The van der Waals surface area contributed by atoms with Gasteiger partial charge < -0.3 is 14.6 Å². The molecule has 0 aliphatic heterocycles. The topological polar surface area (TPSA) is 43.3 Å². The smallest absolute Gasteiger partial charge is 0.257 e. The van der Waals surface area contributed by atoms with Crippen LogP contribution in [0.3, 0.4) is 0 Å². The van der Waals surface area contributed by atoms with Gasteiger partial charge >= 0.3 is 0 Å². The number of para-hydroxylation sites is 1. The van der Waals surface area contributed by atoms with Crippen molar-refractivity contribution in [1.29, 1.82) is 0 Å². The Kier molecular flexibility index (Phi) is 4.39. The van der Waals surface area contributed by atoms with E-state index in [0.29, 0.717) is 24.4 Å². The molecule has 1 heterocycles. The normalized spacial score (nSPS) is 10.9. The number of carbonyl (C=O) groups excluding carboxylic acids is 1. The van der Waals surface area contributed by atoms with Crippen LogP contribution >= 0.6 is 0 Å². The molecule has 0 saturated heterocycles. The predicted molar refractivity (Wildman–Crippen MR) is 88.2 cm³/mol. The second-order valence-electron chi connectivity index (χ2n) is 5.21. The molecular weight excluding hydrogens is 295 g/mol. The van der Waals surface area contributed by atoms with Crippen LogP contribution in [0.5, 0.6) is 0 Å². The molecule has 0 atom stereocenters. The largest absolute Gasteiger partial charge is 0.383 e. The number of nitrogens with zero attached hydrogens (tertiary/aromatic N) is 1. The van der Waals surface area contributed by atoms with Crippen molar-refractivity contribution in [3.05, 3.63) is 66.1 Å². The molecule has 1 aromatic heterocycles. The highest BCUT2D eigenvalue weighted by atomic mass is 19.1. The number of aromatic nitrogens is 1. The second kappa shape index (κ2) is 6.62. The molecule has 0 radical (unpaired) electrons. The molecule has 118 valence electrons. The van der Waals surface area contributed by atoms with Gasteiger partial charge in [0.15, 0.2) is 0 Å². The van der Waals surface area contributed by atoms with Crippen LogP contribution in [0.2, 0.25) is 0 Å². The van der Waals surface area contributed by atoms with Crippen molar-refractivity contribution in [2.24, 2.45) is 0 Å². The van der Waals surface area contributed by atoms with Crippen LogP contribution in [0, 0.1) is 5.82 Å². The summed E-state index contributed by atoms with van der Waals surface area (Å²) in [5, 5.41) is 3.67. The molecule has 1 N–H and O–H groups in total. The van der Waals surface area contributed by atoms with E-state index in [2.05, 4.69) is 5.32 Å². The van der Waals surface area contributed by atoms with Gasteiger partial charge in [0.1, 0.15) is 5.82 Å². The zero-order chi connectivity index (χ0) is 16.2. The van der Waals surface area contributed by atoms with E-state index in [1.165, 1.54) is 24.3 Å². The van der Waals surface area contributed by atoms with E-state index >= 15 is 0 Å². The first-order valence-electron chi connectivity index (χ1n) is 7.33. The van der Waals surface area contributed by atoms with Gasteiger partial charge in [-0.3, -0.25) is 4.79 Å². The quantitative estimate of drug-likeness (QED) is 0.781. The van der Waals surface area contributed by atoms with E-state index in [1.54, 1.807) is 7.11 Å².